The van der Waals surface area contributed by atoms with Gasteiger partial charge in [0, 0.05) is 34.7 Å². The van der Waals surface area contributed by atoms with Crippen LogP contribution >= 0.6 is 11.8 Å². The Morgan fingerprint density at radius 1 is 0.907 bits per heavy atom. The predicted molar refractivity (Wildman–Crippen MR) is 159 cm³/mol. The van der Waals surface area contributed by atoms with Crippen molar-refractivity contribution in [3.05, 3.63) is 125 Å². The first-order valence-electron chi connectivity index (χ1n) is 13.8. The molecule has 218 valence electrons. The van der Waals surface area contributed by atoms with E-state index in [9.17, 15) is 19.5 Å². The van der Waals surface area contributed by atoms with Crippen LogP contribution in [-0.2, 0) is 20.8 Å². The fraction of sp³-hybridized carbons (Fsp3) is 0.212. The summed E-state index contributed by atoms with van der Waals surface area (Å²) in [5.41, 5.74) is 3.44. The Kier molecular flexibility index (Phi) is 8.35. The molecule has 4 aromatic rings. The van der Waals surface area contributed by atoms with E-state index in [4.69, 9.17) is 9.47 Å². The number of esters is 2. The van der Waals surface area contributed by atoms with Crippen LogP contribution in [0.15, 0.2) is 96.2 Å². The van der Waals surface area contributed by atoms with Gasteiger partial charge in [-0.2, -0.15) is 0 Å². The van der Waals surface area contributed by atoms with Gasteiger partial charge >= 0.3 is 11.9 Å². The number of carbonyl (C=O) groups excluding carboxylic acids is 3. The number of aliphatic hydroxyl groups excluding tert-OH is 1. The Bertz CT molecular complexity index is 1660. The molecule has 10 heteroatoms. The van der Waals surface area contributed by atoms with Crippen LogP contribution in [0.2, 0.25) is 0 Å². The monoisotopic (exact) mass is 596 g/mol. The number of aromatic nitrogens is 1. The van der Waals surface area contributed by atoms with E-state index in [-0.39, 0.29) is 41.4 Å². The van der Waals surface area contributed by atoms with Crippen LogP contribution in [0.1, 0.15) is 67.1 Å². The zero-order valence-electron chi connectivity index (χ0n) is 23.1. The van der Waals surface area contributed by atoms with E-state index in [1.807, 2.05) is 48.5 Å². The summed E-state index contributed by atoms with van der Waals surface area (Å²) in [5.74, 6) is -1.27. The van der Waals surface area contributed by atoms with E-state index < -0.39 is 24.1 Å². The summed E-state index contributed by atoms with van der Waals surface area (Å²) in [6.07, 6.45) is 0.581. The molecule has 4 atom stereocenters. The highest BCUT2D eigenvalue weighted by molar-refractivity contribution is 7.99. The van der Waals surface area contributed by atoms with Gasteiger partial charge in [-0.15, -0.1) is 11.8 Å². The van der Waals surface area contributed by atoms with Crippen LogP contribution in [0, 0.1) is 5.92 Å². The van der Waals surface area contributed by atoms with Gasteiger partial charge in [-0.3, -0.25) is 4.79 Å². The number of hydrogen-bond donors (Lipinski definition) is 2. The van der Waals surface area contributed by atoms with E-state index in [0.717, 1.165) is 21.7 Å². The van der Waals surface area contributed by atoms with E-state index in [2.05, 4.69) is 22.0 Å². The maximum absolute atomic E-state index is 13.1. The SMILES string of the molecule is C[C@H]1[C@@H](CSc2ccccn2)OC(c2cccc(NC(=O)c3ccc4c(c3)C(=O)OC4=O)c2)O[C@H]1c1ccc(CO)cc1. The molecule has 3 aromatic carbocycles. The number of cyclic esters (lactones) is 2. The number of hydrogen-bond acceptors (Lipinski definition) is 9. The normalized spacial score (nSPS) is 21.3. The van der Waals surface area contributed by atoms with E-state index in [0.29, 0.717) is 11.4 Å². The number of carbonyl (C=O) groups is 3. The molecule has 2 N–H and O–H groups in total. The lowest BCUT2D eigenvalue weighted by Crippen LogP contribution is -2.38. The molecule has 0 aliphatic carbocycles. The van der Waals surface area contributed by atoms with Crippen molar-refractivity contribution in [2.45, 2.75) is 37.1 Å². The first-order valence-corrected chi connectivity index (χ1v) is 14.7. The Morgan fingerprint density at radius 2 is 1.72 bits per heavy atom. The minimum Gasteiger partial charge on any atom is -0.392 e. The zero-order chi connectivity index (χ0) is 29.9. The van der Waals surface area contributed by atoms with Gasteiger partial charge in [-0.05, 0) is 53.6 Å². The second-order valence-electron chi connectivity index (χ2n) is 10.3. The predicted octanol–water partition coefficient (Wildman–Crippen LogP) is 5.72. The molecule has 1 aromatic heterocycles. The molecular weight excluding hydrogens is 568 g/mol. The number of fused-ring (bicyclic) bond motifs is 1. The minimum absolute atomic E-state index is 0.00806. The third kappa shape index (κ3) is 6.23. The van der Waals surface area contributed by atoms with Crippen LogP contribution in [0.3, 0.4) is 0 Å². The molecule has 3 heterocycles. The molecule has 2 aliphatic rings. The lowest BCUT2D eigenvalue weighted by atomic mass is 9.91. The standard InChI is InChI=1S/C33H28N2O7S/c1-19-27(18-43-28-7-2-3-14-34-28)40-33(41-29(19)21-10-8-20(17-36)9-11-21)23-5-4-6-24(15-23)35-30(37)22-12-13-25-26(16-22)32(39)42-31(25)38/h2-16,19,27,29,33,36H,17-18H2,1H3,(H,35,37)/t19-,27+,29+,33?/m0/s1. The van der Waals surface area contributed by atoms with E-state index in [1.54, 1.807) is 36.2 Å². The molecule has 43 heavy (non-hydrogen) atoms. The number of anilines is 1. The van der Waals surface area contributed by atoms with Gasteiger partial charge in [0.2, 0.25) is 0 Å². The van der Waals surface area contributed by atoms with Gasteiger partial charge in [0.25, 0.3) is 5.91 Å². The molecule has 0 radical (unpaired) electrons. The first-order chi connectivity index (χ1) is 20.9. The molecular formula is C33H28N2O7S. The van der Waals surface area contributed by atoms with E-state index >= 15 is 0 Å². The Balaban J connectivity index is 1.23. The topological polar surface area (TPSA) is 124 Å². The molecule has 1 amide bonds. The van der Waals surface area contributed by atoms with Crippen LogP contribution in [0.25, 0.3) is 0 Å². The van der Waals surface area contributed by atoms with Crippen LogP contribution < -0.4 is 5.32 Å². The molecule has 0 bridgehead atoms. The molecule has 0 spiro atoms. The summed E-state index contributed by atoms with van der Waals surface area (Å²) >= 11 is 1.61. The molecule has 1 unspecified atom stereocenters. The van der Waals surface area contributed by atoms with Gasteiger partial charge in [-0.1, -0.05) is 49.4 Å². The van der Waals surface area contributed by atoms with Gasteiger partial charge in [-0.25, -0.2) is 14.6 Å². The molecule has 2 aliphatic heterocycles. The largest absolute Gasteiger partial charge is 0.392 e. The van der Waals surface area contributed by atoms with Crippen LogP contribution in [0.4, 0.5) is 5.69 Å². The number of pyridine rings is 1. The summed E-state index contributed by atoms with van der Waals surface area (Å²) < 4.78 is 17.7. The maximum Gasteiger partial charge on any atom is 0.346 e. The molecule has 1 saturated heterocycles. The number of ether oxygens (including phenoxy) is 3. The summed E-state index contributed by atoms with van der Waals surface area (Å²) in [4.78, 5) is 41.2. The second kappa shape index (κ2) is 12.5. The average molecular weight is 597 g/mol. The zero-order valence-corrected chi connectivity index (χ0v) is 24.0. The van der Waals surface area contributed by atoms with Gasteiger partial charge in [0.05, 0.1) is 35.0 Å². The number of nitrogens with one attached hydrogen (secondary N) is 1. The van der Waals surface area contributed by atoms with Gasteiger partial charge in [0.15, 0.2) is 6.29 Å². The number of rotatable bonds is 8. The van der Waals surface area contributed by atoms with Crippen molar-refractivity contribution in [1.29, 1.82) is 0 Å². The Hall–Kier alpha value is -4.35. The van der Waals surface area contributed by atoms with Crippen molar-refractivity contribution < 1.29 is 33.7 Å². The Morgan fingerprint density at radius 3 is 2.49 bits per heavy atom. The van der Waals surface area contributed by atoms with Crippen molar-refractivity contribution in [1.82, 2.24) is 4.98 Å². The number of amides is 1. The number of benzene rings is 3. The molecule has 9 nitrogen and oxygen atoms in total. The number of nitrogens with zero attached hydrogens (tertiary/aromatic N) is 1. The van der Waals surface area contributed by atoms with Crippen LogP contribution in [0.5, 0.6) is 0 Å². The molecule has 0 saturated carbocycles. The minimum atomic E-state index is -0.770. The van der Waals surface area contributed by atoms with Crippen molar-refractivity contribution in [2.24, 2.45) is 5.92 Å². The van der Waals surface area contributed by atoms with Gasteiger partial charge in [0.1, 0.15) is 0 Å². The van der Waals surface area contributed by atoms with Crippen molar-refractivity contribution >= 4 is 35.3 Å². The lowest BCUT2D eigenvalue weighted by molar-refractivity contribution is -0.268. The van der Waals surface area contributed by atoms with Gasteiger partial charge < -0.3 is 24.6 Å². The average Bonchev–Trinajstić information content (AvgIpc) is 3.33. The highest BCUT2D eigenvalue weighted by Gasteiger charge is 2.38. The number of thioether (sulfide) groups is 1. The summed E-state index contributed by atoms with van der Waals surface area (Å²) in [5, 5.41) is 13.3. The summed E-state index contributed by atoms with van der Waals surface area (Å²) in [7, 11) is 0. The Labute approximate surface area is 252 Å². The smallest absolute Gasteiger partial charge is 0.346 e. The third-order valence-corrected chi connectivity index (χ3v) is 8.51. The van der Waals surface area contributed by atoms with Crippen molar-refractivity contribution in [2.75, 3.05) is 11.1 Å². The first kappa shape index (κ1) is 28.8. The third-order valence-electron chi connectivity index (χ3n) is 7.48. The lowest BCUT2D eigenvalue weighted by Gasteiger charge is -2.41. The van der Waals surface area contributed by atoms with Crippen LogP contribution in [-0.4, -0.2) is 39.8 Å². The fourth-order valence-corrected chi connectivity index (χ4v) is 6.13. The quantitative estimate of drug-likeness (QED) is 0.149. The highest BCUT2D eigenvalue weighted by atomic mass is 32.2. The van der Waals surface area contributed by atoms with E-state index in [1.165, 1.54) is 18.2 Å². The fourth-order valence-electron chi connectivity index (χ4n) is 5.10. The van der Waals surface area contributed by atoms with Crippen molar-refractivity contribution in [3.8, 4) is 0 Å². The summed E-state index contributed by atoms with van der Waals surface area (Å²) in [6.45, 7) is 2.06. The highest BCUT2D eigenvalue weighted by Crippen LogP contribution is 2.43. The second-order valence-corrected chi connectivity index (χ2v) is 11.4. The molecule has 6 rings (SSSR count). The summed E-state index contributed by atoms with van der Waals surface area (Å²) in [6, 6.07) is 25.0. The maximum atomic E-state index is 13.1. The molecule has 1 fully saturated rings. The number of aliphatic hydroxyl groups is 1. The van der Waals surface area contributed by atoms with Crippen molar-refractivity contribution in [3.63, 3.8) is 0 Å².